The van der Waals surface area contributed by atoms with Gasteiger partial charge in [0.15, 0.2) is 0 Å². The molecule has 19 heavy (non-hydrogen) atoms. The second kappa shape index (κ2) is 7.01. The van der Waals surface area contributed by atoms with Gasteiger partial charge in [0.1, 0.15) is 0 Å². The number of hydrogen-bond acceptors (Lipinski definition) is 2. The molecule has 1 heterocycles. The number of nitrogens with two attached hydrogens (primary N) is 1. The highest BCUT2D eigenvalue weighted by molar-refractivity contribution is 7.99. The Hall–Kier alpha value is -0.930. The quantitative estimate of drug-likeness (QED) is 0.782. The standard InChI is InChI=1S/C16H24N2S/c1-3-14(17)11-13-12-18(9-10-19-4-2)16-8-6-5-7-15(13)16/h5-8,12,14H,3-4,9-11,17H2,1-2H3. The summed E-state index contributed by atoms with van der Waals surface area (Å²) in [6.07, 6.45) is 4.31. The van der Waals surface area contributed by atoms with E-state index in [2.05, 4.69) is 48.9 Å². The maximum Gasteiger partial charge on any atom is 0.0483 e. The molecule has 0 aliphatic rings. The molecule has 2 aromatic rings. The minimum atomic E-state index is 0.268. The summed E-state index contributed by atoms with van der Waals surface area (Å²) in [6.45, 7) is 5.45. The van der Waals surface area contributed by atoms with Crippen LogP contribution in [0.1, 0.15) is 25.8 Å². The molecule has 0 aliphatic heterocycles. The van der Waals surface area contributed by atoms with Gasteiger partial charge >= 0.3 is 0 Å². The van der Waals surface area contributed by atoms with Crippen molar-refractivity contribution in [1.82, 2.24) is 4.57 Å². The molecule has 0 saturated heterocycles. The predicted molar refractivity (Wildman–Crippen MR) is 86.9 cm³/mol. The molecule has 2 N–H and O–H groups in total. The van der Waals surface area contributed by atoms with E-state index < -0.39 is 0 Å². The minimum absolute atomic E-state index is 0.268. The summed E-state index contributed by atoms with van der Waals surface area (Å²) in [7, 11) is 0. The van der Waals surface area contributed by atoms with Crippen molar-refractivity contribution in [3.05, 3.63) is 36.0 Å². The van der Waals surface area contributed by atoms with Gasteiger partial charge in [-0.05, 0) is 30.2 Å². The number of aryl methyl sites for hydroxylation is 1. The van der Waals surface area contributed by atoms with Gasteiger partial charge in [-0.25, -0.2) is 0 Å². The lowest BCUT2D eigenvalue weighted by molar-refractivity contribution is 0.646. The zero-order chi connectivity index (χ0) is 13.7. The first kappa shape index (κ1) is 14.5. The summed E-state index contributed by atoms with van der Waals surface area (Å²) in [5, 5.41) is 1.37. The Balaban J connectivity index is 2.26. The van der Waals surface area contributed by atoms with E-state index in [1.165, 1.54) is 28.0 Å². The number of aromatic nitrogens is 1. The van der Waals surface area contributed by atoms with Crippen LogP contribution in [-0.2, 0) is 13.0 Å². The SMILES string of the molecule is CCSCCn1cc(CC(N)CC)c2ccccc21. The molecule has 0 bridgehead atoms. The zero-order valence-corrected chi connectivity index (χ0v) is 12.7. The molecule has 1 aromatic heterocycles. The molecule has 2 rings (SSSR count). The first-order valence-corrected chi connectivity index (χ1v) is 8.31. The number of nitrogens with zero attached hydrogens (tertiary/aromatic N) is 1. The third-order valence-corrected chi connectivity index (χ3v) is 4.44. The molecule has 1 aromatic carbocycles. The largest absolute Gasteiger partial charge is 0.346 e. The van der Waals surface area contributed by atoms with Gasteiger partial charge in [-0.3, -0.25) is 0 Å². The minimum Gasteiger partial charge on any atom is -0.346 e. The van der Waals surface area contributed by atoms with Crippen LogP contribution in [0.3, 0.4) is 0 Å². The van der Waals surface area contributed by atoms with Crippen LogP contribution in [-0.4, -0.2) is 22.1 Å². The average molecular weight is 276 g/mol. The predicted octanol–water partition coefficient (Wildman–Crippen LogP) is 3.67. The molecular formula is C16H24N2S. The van der Waals surface area contributed by atoms with Gasteiger partial charge in [0.2, 0.25) is 0 Å². The van der Waals surface area contributed by atoms with Crippen molar-refractivity contribution in [2.75, 3.05) is 11.5 Å². The fourth-order valence-electron chi connectivity index (χ4n) is 2.40. The van der Waals surface area contributed by atoms with E-state index in [-0.39, 0.29) is 6.04 Å². The number of para-hydroxylation sites is 1. The zero-order valence-electron chi connectivity index (χ0n) is 11.9. The van der Waals surface area contributed by atoms with Crippen molar-refractivity contribution in [1.29, 1.82) is 0 Å². The van der Waals surface area contributed by atoms with Gasteiger partial charge < -0.3 is 10.3 Å². The summed E-state index contributed by atoms with van der Waals surface area (Å²) < 4.78 is 2.38. The summed E-state index contributed by atoms with van der Waals surface area (Å²) in [6, 6.07) is 8.94. The highest BCUT2D eigenvalue weighted by Crippen LogP contribution is 2.23. The first-order valence-electron chi connectivity index (χ1n) is 7.16. The van der Waals surface area contributed by atoms with Crippen molar-refractivity contribution < 1.29 is 0 Å². The molecule has 2 nitrogen and oxygen atoms in total. The summed E-state index contributed by atoms with van der Waals surface area (Å²) in [5.41, 5.74) is 8.85. The van der Waals surface area contributed by atoms with Crippen LogP contribution in [0.2, 0.25) is 0 Å². The Morgan fingerprint density at radius 3 is 2.79 bits per heavy atom. The van der Waals surface area contributed by atoms with Crippen LogP contribution < -0.4 is 5.73 Å². The Bertz CT molecular complexity index is 518. The third kappa shape index (κ3) is 3.54. The van der Waals surface area contributed by atoms with Crippen LogP contribution in [0.15, 0.2) is 30.5 Å². The lowest BCUT2D eigenvalue weighted by Crippen LogP contribution is -2.21. The van der Waals surface area contributed by atoms with Crippen molar-refractivity contribution >= 4 is 22.7 Å². The number of fused-ring (bicyclic) bond motifs is 1. The smallest absolute Gasteiger partial charge is 0.0483 e. The summed E-state index contributed by atoms with van der Waals surface area (Å²) >= 11 is 1.99. The van der Waals surface area contributed by atoms with Crippen LogP contribution in [0, 0.1) is 0 Å². The monoisotopic (exact) mass is 276 g/mol. The van der Waals surface area contributed by atoms with Gasteiger partial charge in [-0.1, -0.05) is 32.0 Å². The lowest BCUT2D eigenvalue weighted by atomic mass is 10.0. The van der Waals surface area contributed by atoms with E-state index in [4.69, 9.17) is 5.73 Å². The number of benzene rings is 1. The van der Waals surface area contributed by atoms with Crippen molar-refractivity contribution in [2.24, 2.45) is 5.73 Å². The van der Waals surface area contributed by atoms with Gasteiger partial charge in [0, 0.05) is 35.4 Å². The Morgan fingerprint density at radius 1 is 1.26 bits per heavy atom. The fourth-order valence-corrected chi connectivity index (χ4v) is 3.02. The molecule has 0 fully saturated rings. The van der Waals surface area contributed by atoms with Crippen molar-refractivity contribution in [2.45, 2.75) is 39.3 Å². The molecule has 1 atom stereocenters. The van der Waals surface area contributed by atoms with E-state index >= 15 is 0 Å². The molecule has 0 radical (unpaired) electrons. The third-order valence-electron chi connectivity index (χ3n) is 3.56. The average Bonchev–Trinajstić information content (AvgIpc) is 2.78. The van der Waals surface area contributed by atoms with Crippen molar-refractivity contribution in [3.63, 3.8) is 0 Å². The molecule has 3 heteroatoms. The second-order valence-corrected chi connectivity index (χ2v) is 6.33. The maximum atomic E-state index is 6.11. The summed E-state index contributed by atoms with van der Waals surface area (Å²) in [5.74, 6) is 2.36. The molecule has 0 saturated carbocycles. The fraction of sp³-hybridized carbons (Fsp3) is 0.500. The maximum absolute atomic E-state index is 6.11. The number of hydrogen-bond donors (Lipinski definition) is 1. The van der Waals surface area contributed by atoms with Gasteiger partial charge in [0.25, 0.3) is 0 Å². The second-order valence-electron chi connectivity index (χ2n) is 4.93. The molecular weight excluding hydrogens is 252 g/mol. The van der Waals surface area contributed by atoms with Crippen molar-refractivity contribution in [3.8, 4) is 0 Å². The molecule has 104 valence electrons. The normalized spacial score (nSPS) is 13.0. The topological polar surface area (TPSA) is 30.9 Å². The van der Waals surface area contributed by atoms with E-state index in [0.29, 0.717) is 0 Å². The van der Waals surface area contributed by atoms with Gasteiger partial charge in [-0.15, -0.1) is 0 Å². The number of thioether (sulfide) groups is 1. The number of rotatable bonds is 7. The van der Waals surface area contributed by atoms with Crippen LogP contribution in [0.5, 0.6) is 0 Å². The Morgan fingerprint density at radius 2 is 2.05 bits per heavy atom. The van der Waals surface area contributed by atoms with E-state index in [1.807, 2.05) is 11.8 Å². The van der Waals surface area contributed by atoms with Crippen LogP contribution in [0.4, 0.5) is 0 Å². The Kier molecular flexibility index (Phi) is 5.34. The van der Waals surface area contributed by atoms with Gasteiger partial charge in [0.05, 0.1) is 0 Å². The molecule has 0 spiro atoms. The van der Waals surface area contributed by atoms with Gasteiger partial charge in [-0.2, -0.15) is 11.8 Å². The first-order chi connectivity index (χ1) is 9.26. The van der Waals surface area contributed by atoms with Crippen LogP contribution in [0.25, 0.3) is 10.9 Å². The highest BCUT2D eigenvalue weighted by Gasteiger charge is 2.10. The molecule has 0 amide bonds. The summed E-state index contributed by atoms with van der Waals surface area (Å²) in [4.78, 5) is 0. The molecule has 0 aliphatic carbocycles. The lowest BCUT2D eigenvalue weighted by Gasteiger charge is -2.06. The highest BCUT2D eigenvalue weighted by atomic mass is 32.2. The van der Waals surface area contributed by atoms with E-state index in [9.17, 15) is 0 Å². The van der Waals surface area contributed by atoms with E-state index in [1.54, 1.807) is 0 Å². The Labute approximate surface area is 120 Å². The molecule has 1 unspecified atom stereocenters. The van der Waals surface area contributed by atoms with Crippen LogP contribution >= 0.6 is 11.8 Å². The van der Waals surface area contributed by atoms with E-state index in [0.717, 1.165) is 19.4 Å².